The summed E-state index contributed by atoms with van der Waals surface area (Å²) >= 11 is 0. The molecule has 8 nitrogen and oxygen atoms in total. The Balaban J connectivity index is 1.61. The van der Waals surface area contributed by atoms with Gasteiger partial charge < -0.3 is 28.6 Å². The molecular formula is C20H13NO7. The number of fused-ring (bicyclic) bond motifs is 6. The number of carbonyl (C=O) groups excluding carboxylic acids is 2. The number of carbonyl (C=O) groups is 2. The van der Waals surface area contributed by atoms with E-state index in [0.29, 0.717) is 39.7 Å². The van der Waals surface area contributed by atoms with Crippen LogP contribution < -0.4 is 23.7 Å². The highest BCUT2D eigenvalue weighted by molar-refractivity contribution is 6.21. The van der Waals surface area contributed by atoms with Crippen LogP contribution in [0.15, 0.2) is 30.5 Å². The highest BCUT2D eigenvalue weighted by Gasteiger charge is 2.60. The van der Waals surface area contributed by atoms with Crippen molar-refractivity contribution < 1.29 is 33.3 Å². The molecule has 0 radical (unpaired) electrons. The summed E-state index contributed by atoms with van der Waals surface area (Å²) in [5, 5.41) is 0. The minimum atomic E-state index is -1.66. The molecular weight excluding hydrogens is 366 g/mol. The van der Waals surface area contributed by atoms with E-state index in [1.165, 1.54) is 0 Å². The smallest absolute Gasteiger partial charge is 0.350 e. The van der Waals surface area contributed by atoms with Crippen molar-refractivity contribution in [1.29, 1.82) is 0 Å². The average molecular weight is 379 g/mol. The first-order valence-corrected chi connectivity index (χ1v) is 8.65. The number of ketones is 1. The molecule has 4 aliphatic rings. The van der Waals surface area contributed by atoms with Gasteiger partial charge in [-0.15, -0.1) is 0 Å². The van der Waals surface area contributed by atoms with Crippen LogP contribution in [0.3, 0.4) is 0 Å². The normalized spacial score (nSPS) is 23.0. The van der Waals surface area contributed by atoms with Gasteiger partial charge in [0.1, 0.15) is 0 Å². The van der Waals surface area contributed by atoms with Gasteiger partial charge in [0.05, 0.1) is 0 Å². The van der Waals surface area contributed by atoms with Gasteiger partial charge in [0.25, 0.3) is 0 Å². The van der Waals surface area contributed by atoms with E-state index in [1.807, 2.05) is 0 Å². The molecule has 4 aliphatic heterocycles. The molecule has 140 valence electrons. The molecule has 0 saturated heterocycles. The molecule has 4 heterocycles. The number of benzene rings is 2. The van der Waals surface area contributed by atoms with Crippen LogP contribution in [0.25, 0.3) is 6.08 Å². The fourth-order valence-corrected chi connectivity index (χ4v) is 4.11. The predicted molar refractivity (Wildman–Crippen MR) is 93.6 cm³/mol. The van der Waals surface area contributed by atoms with Gasteiger partial charge in [-0.25, -0.2) is 4.79 Å². The number of Topliss-reactive ketones (excluding diaryl/α,β-unsaturated/α-hetero) is 1. The van der Waals surface area contributed by atoms with Crippen molar-refractivity contribution in [3.63, 3.8) is 0 Å². The third-order valence-electron chi connectivity index (χ3n) is 5.50. The third kappa shape index (κ3) is 1.65. The van der Waals surface area contributed by atoms with Crippen LogP contribution in [-0.2, 0) is 10.3 Å². The SMILES string of the molecule is CN1C=Cc2cc3c(cc2C(=O)[C@]12C(=O)Oc1c2ccc2c1OCO2)OCO3. The van der Waals surface area contributed by atoms with Gasteiger partial charge in [-0.2, -0.15) is 0 Å². The Kier molecular flexibility index (Phi) is 2.73. The minimum Gasteiger partial charge on any atom is -0.454 e. The highest BCUT2D eigenvalue weighted by atomic mass is 16.7. The third-order valence-corrected chi connectivity index (χ3v) is 5.50. The summed E-state index contributed by atoms with van der Waals surface area (Å²) in [6.45, 7) is 0.127. The molecule has 0 saturated carbocycles. The Labute approximate surface area is 158 Å². The molecule has 28 heavy (non-hydrogen) atoms. The molecule has 0 amide bonds. The highest BCUT2D eigenvalue weighted by Crippen LogP contribution is 2.54. The second kappa shape index (κ2) is 4.98. The molecule has 0 aliphatic carbocycles. The largest absolute Gasteiger partial charge is 0.454 e. The minimum absolute atomic E-state index is 0.0341. The van der Waals surface area contributed by atoms with E-state index < -0.39 is 17.3 Å². The van der Waals surface area contributed by atoms with E-state index in [9.17, 15) is 9.59 Å². The lowest BCUT2D eigenvalue weighted by atomic mass is 9.81. The zero-order valence-corrected chi connectivity index (χ0v) is 14.7. The monoisotopic (exact) mass is 379 g/mol. The van der Waals surface area contributed by atoms with E-state index in [-0.39, 0.29) is 19.3 Å². The summed E-state index contributed by atoms with van der Waals surface area (Å²) in [5.41, 5.74) is -0.247. The maximum Gasteiger partial charge on any atom is 0.350 e. The summed E-state index contributed by atoms with van der Waals surface area (Å²) in [4.78, 5) is 28.5. The van der Waals surface area contributed by atoms with Crippen molar-refractivity contribution in [2.24, 2.45) is 0 Å². The Hall–Kier alpha value is -3.68. The Bertz CT molecular complexity index is 1120. The lowest BCUT2D eigenvalue weighted by Crippen LogP contribution is -2.52. The molecule has 2 aromatic carbocycles. The van der Waals surface area contributed by atoms with Crippen LogP contribution in [0.5, 0.6) is 28.7 Å². The molecule has 0 bridgehead atoms. The van der Waals surface area contributed by atoms with Crippen molar-refractivity contribution in [2.45, 2.75) is 5.54 Å². The van der Waals surface area contributed by atoms with Crippen LogP contribution in [0.1, 0.15) is 21.5 Å². The molecule has 0 fully saturated rings. The van der Waals surface area contributed by atoms with Gasteiger partial charge in [-0.3, -0.25) is 4.79 Å². The van der Waals surface area contributed by atoms with Gasteiger partial charge in [0.2, 0.25) is 30.7 Å². The first kappa shape index (κ1) is 15.4. The van der Waals surface area contributed by atoms with Crippen LogP contribution >= 0.6 is 0 Å². The summed E-state index contributed by atoms with van der Waals surface area (Å²) in [5.74, 6) is 0.975. The molecule has 0 unspecified atom stereocenters. The van der Waals surface area contributed by atoms with Gasteiger partial charge in [-0.05, 0) is 35.9 Å². The average Bonchev–Trinajstić information content (AvgIpc) is 3.39. The topological polar surface area (TPSA) is 83.5 Å². The number of rotatable bonds is 0. The first-order chi connectivity index (χ1) is 13.6. The quantitative estimate of drug-likeness (QED) is 0.391. The fourth-order valence-electron chi connectivity index (χ4n) is 4.11. The van der Waals surface area contributed by atoms with Crippen LogP contribution in [0.2, 0.25) is 0 Å². The molecule has 1 spiro atoms. The molecule has 1 atom stereocenters. The fraction of sp³-hybridized carbons (Fsp3) is 0.200. The number of likely N-dealkylation sites (N-methyl/N-ethyl adjacent to an activating group) is 1. The Morgan fingerprint density at radius 3 is 2.54 bits per heavy atom. The van der Waals surface area contributed by atoms with Crippen molar-refractivity contribution >= 4 is 17.8 Å². The van der Waals surface area contributed by atoms with Crippen LogP contribution in [-0.4, -0.2) is 37.3 Å². The van der Waals surface area contributed by atoms with Crippen molar-refractivity contribution in [2.75, 3.05) is 20.6 Å². The second-order valence-electron chi connectivity index (χ2n) is 6.82. The molecule has 2 aromatic rings. The maximum absolute atomic E-state index is 13.8. The van der Waals surface area contributed by atoms with E-state index in [1.54, 1.807) is 48.5 Å². The second-order valence-corrected chi connectivity index (χ2v) is 6.82. The summed E-state index contributed by atoms with van der Waals surface area (Å²) in [6, 6.07) is 6.71. The standard InChI is InChI=1S/C20H13NO7/c1-21-5-4-10-6-14-15(26-8-25-14)7-11(10)18(22)20(21)12-2-3-13-17(27-9-24-13)16(12)28-19(20)23/h2-7H,8-9H2,1H3/t20-/m1/s1. The van der Waals surface area contributed by atoms with Crippen LogP contribution in [0.4, 0.5) is 0 Å². The maximum atomic E-state index is 13.8. The van der Waals surface area contributed by atoms with Gasteiger partial charge >= 0.3 is 5.97 Å². The Morgan fingerprint density at radius 2 is 1.68 bits per heavy atom. The van der Waals surface area contributed by atoms with E-state index in [0.717, 1.165) is 0 Å². The molecule has 0 N–H and O–H groups in total. The van der Waals surface area contributed by atoms with E-state index in [2.05, 4.69) is 0 Å². The predicted octanol–water partition coefficient (Wildman–Crippen LogP) is 2.06. The number of esters is 1. The molecule has 6 rings (SSSR count). The first-order valence-electron chi connectivity index (χ1n) is 8.65. The lowest BCUT2D eigenvalue weighted by Gasteiger charge is -2.32. The van der Waals surface area contributed by atoms with Crippen molar-refractivity contribution in [1.82, 2.24) is 4.90 Å². The number of hydrogen-bond acceptors (Lipinski definition) is 8. The number of hydrogen-bond donors (Lipinski definition) is 0. The summed E-state index contributed by atoms with van der Waals surface area (Å²) in [7, 11) is 1.67. The summed E-state index contributed by atoms with van der Waals surface area (Å²) in [6.07, 6.45) is 3.45. The van der Waals surface area contributed by atoms with Gasteiger partial charge in [0.15, 0.2) is 23.0 Å². The zero-order valence-electron chi connectivity index (χ0n) is 14.7. The summed E-state index contributed by atoms with van der Waals surface area (Å²) < 4.78 is 27.2. The zero-order chi connectivity index (χ0) is 19.0. The number of ether oxygens (including phenoxy) is 5. The Morgan fingerprint density at radius 1 is 0.929 bits per heavy atom. The van der Waals surface area contributed by atoms with E-state index >= 15 is 0 Å². The van der Waals surface area contributed by atoms with Crippen molar-refractivity contribution in [3.8, 4) is 28.7 Å². The van der Waals surface area contributed by atoms with Gasteiger partial charge in [-0.1, -0.05) is 0 Å². The lowest BCUT2D eigenvalue weighted by molar-refractivity contribution is -0.140. The van der Waals surface area contributed by atoms with E-state index in [4.69, 9.17) is 23.7 Å². The molecule has 0 aromatic heterocycles. The molecule has 8 heteroatoms. The van der Waals surface area contributed by atoms with Gasteiger partial charge in [0, 0.05) is 24.4 Å². The van der Waals surface area contributed by atoms with Crippen LogP contribution in [0, 0.1) is 0 Å². The van der Waals surface area contributed by atoms with Crippen molar-refractivity contribution in [3.05, 3.63) is 47.2 Å². The number of nitrogens with zero attached hydrogens (tertiary/aromatic N) is 1.